The van der Waals surface area contributed by atoms with E-state index in [2.05, 4.69) is 31.6 Å². The van der Waals surface area contributed by atoms with Crippen molar-refractivity contribution >= 4 is 11.8 Å². The van der Waals surface area contributed by atoms with Gasteiger partial charge in [0.05, 0.1) is 5.56 Å². The number of carbonyl (C=O) groups excluding carboxylic acids is 2. The lowest BCUT2D eigenvalue weighted by molar-refractivity contribution is 0.0844. The maximum Gasteiger partial charge on any atom is 0.272 e. The lowest BCUT2D eigenvalue weighted by Crippen LogP contribution is -2.42. The number of nitrogens with one attached hydrogen (secondary N) is 2. The van der Waals surface area contributed by atoms with E-state index in [1.54, 1.807) is 12.1 Å². The number of hydrogen-bond donors (Lipinski definition) is 2. The molecule has 0 saturated carbocycles. The van der Waals surface area contributed by atoms with Gasteiger partial charge >= 0.3 is 0 Å². The van der Waals surface area contributed by atoms with E-state index in [0.29, 0.717) is 11.6 Å². The Balaban J connectivity index is 2.01. The summed E-state index contributed by atoms with van der Waals surface area (Å²) in [7, 11) is 0. The van der Waals surface area contributed by atoms with E-state index in [4.69, 9.17) is 0 Å². The molecule has 0 aliphatic rings. The van der Waals surface area contributed by atoms with Crippen LogP contribution in [0.5, 0.6) is 0 Å². The quantitative estimate of drug-likeness (QED) is 0.829. The van der Waals surface area contributed by atoms with E-state index in [1.807, 2.05) is 12.1 Å². The molecular weight excluding hydrogens is 314 g/mol. The van der Waals surface area contributed by atoms with Crippen molar-refractivity contribution < 1.29 is 18.4 Å². The second kappa shape index (κ2) is 6.78. The minimum Gasteiger partial charge on any atom is -0.267 e. The molecule has 0 fully saturated rings. The topological polar surface area (TPSA) is 58.2 Å². The summed E-state index contributed by atoms with van der Waals surface area (Å²) in [6.07, 6.45) is 0. The summed E-state index contributed by atoms with van der Waals surface area (Å²) in [5, 5.41) is 0. The van der Waals surface area contributed by atoms with Crippen molar-refractivity contribution in [3.05, 3.63) is 70.8 Å². The lowest BCUT2D eigenvalue weighted by atomic mass is 9.87. The standard InChI is InChI=1S/C18H18F2N2O2/c1-18(2,3)12-6-4-11(5-7-12)16(23)21-22-17(24)14-9-8-13(19)10-15(14)20/h4-10H,1-3H3,(H,21,23)(H,22,24). The van der Waals surface area contributed by atoms with Crippen molar-refractivity contribution in [3.63, 3.8) is 0 Å². The first-order chi connectivity index (χ1) is 11.2. The number of amides is 2. The highest BCUT2D eigenvalue weighted by atomic mass is 19.1. The maximum absolute atomic E-state index is 13.5. The minimum atomic E-state index is -1.00. The van der Waals surface area contributed by atoms with Gasteiger partial charge in [-0.25, -0.2) is 8.78 Å². The summed E-state index contributed by atoms with van der Waals surface area (Å²) in [6, 6.07) is 9.51. The van der Waals surface area contributed by atoms with Gasteiger partial charge in [0, 0.05) is 11.6 Å². The largest absolute Gasteiger partial charge is 0.272 e. The molecule has 0 aliphatic carbocycles. The van der Waals surface area contributed by atoms with Crippen molar-refractivity contribution in [1.82, 2.24) is 10.9 Å². The zero-order chi connectivity index (χ0) is 17.9. The molecule has 0 aliphatic heterocycles. The van der Waals surface area contributed by atoms with Crippen LogP contribution in [0, 0.1) is 11.6 Å². The number of hydrazine groups is 1. The molecule has 2 aromatic carbocycles. The third-order valence-electron chi connectivity index (χ3n) is 3.48. The number of halogens is 2. The number of rotatable bonds is 2. The summed E-state index contributed by atoms with van der Waals surface area (Å²) in [6.45, 7) is 6.17. The lowest BCUT2D eigenvalue weighted by Gasteiger charge is -2.19. The summed E-state index contributed by atoms with van der Waals surface area (Å²) in [4.78, 5) is 23.8. The fourth-order valence-corrected chi connectivity index (χ4v) is 2.05. The molecule has 0 saturated heterocycles. The number of carbonyl (C=O) groups is 2. The Bertz CT molecular complexity index is 766. The molecule has 2 rings (SSSR count). The molecule has 2 N–H and O–H groups in total. The van der Waals surface area contributed by atoms with Gasteiger partial charge in [-0.05, 0) is 35.2 Å². The number of hydrogen-bond acceptors (Lipinski definition) is 2. The first kappa shape index (κ1) is 17.6. The maximum atomic E-state index is 13.5. The van der Waals surface area contributed by atoms with Gasteiger partial charge in [0.1, 0.15) is 11.6 Å². The van der Waals surface area contributed by atoms with Crippen LogP contribution in [0.2, 0.25) is 0 Å². The Morgan fingerprint density at radius 2 is 1.46 bits per heavy atom. The summed E-state index contributed by atoms with van der Waals surface area (Å²) in [5.74, 6) is -3.19. The molecule has 6 heteroatoms. The van der Waals surface area contributed by atoms with Crippen LogP contribution in [0.25, 0.3) is 0 Å². The summed E-state index contributed by atoms with van der Waals surface area (Å²) >= 11 is 0. The van der Waals surface area contributed by atoms with E-state index >= 15 is 0 Å². The van der Waals surface area contributed by atoms with Crippen LogP contribution in [-0.4, -0.2) is 11.8 Å². The summed E-state index contributed by atoms with van der Waals surface area (Å²) < 4.78 is 26.3. The minimum absolute atomic E-state index is 0.0384. The van der Waals surface area contributed by atoms with Crippen LogP contribution in [0.4, 0.5) is 8.78 Å². The van der Waals surface area contributed by atoms with Gasteiger partial charge in [-0.3, -0.25) is 20.4 Å². The second-order valence-corrected chi connectivity index (χ2v) is 6.36. The Hall–Kier alpha value is -2.76. The Labute approximate surface area is 138 Å². The zero-order valence-electron chi connectivity index (χ0n) is 13.6. The third-order valence-corrected chi connectivity index (χ3v) is 3.48. The Morgan fingerprint density at radius 1 is 0.875 bits per heavy atom. The van der Waals surface area contributed by atoms with Crippen molar-refractivity contribution in [2.45, 2.75) is 26.2 Å². The summed E-state index contributed by atoms with van der Waals surface area (Å²) in [5.41, 5.74) is 5.32. The van der Waals surface area contributed by atoms with E-state index in [1.165, 1.54) is 0 Å². The highest BCUT2D eigenvalue weighted by Crippen LogP contribution is 2.22. The second-order valence-electron chi connectivity index (χ2n) is 6.36. The molecule has 0 bridgehead atoms. The fraction of sp³-hybridized carbons (Fsp3) is 0.222. The van der Waals surface area contributed by atoms with Gasteiger partial charge in [0.2, 0.25) is 0 Å². The average Bonchev–Trinajstić information content (AvgIpc) is 2.51. The van der Waals surface area contributed by atoms with Gasteiger partial charge in [-0.2, -0.15) is 0 Å². The molecule has 4 nitrogen and oxygen atoms in total. The molecule has 24 heavy (non-hydrogen) atoms. The average molecular weight is 332 g/mol. The van der Waals surface area contributed by atoms with Crippen LogP contribution >= 0.6 is 0 Å². The van der Waals surface area contributed by atoms with Crippen LogP contribution in [0.1, 0.15) is 47.1 Å². The van der Waals surface area contributed by atoms with Gasteiger partial charge in [0.15, 0.2) is 0 Å². The van der Waals surface area contributed by atoms with Crippen molar-refractivity contribution in [1.29, 1.82) is 0 Å². The number of benzene rings is 2. The molecule has 0 spiro atoms. The van der Waals surface area contributed by atoms with Crippen molar-refractivity contribution in [2.24, 2.45) is 0 Å². The van der Waals surface area contributed by atoms with E-state index in [0.717, 1.165) is 17.7 Å². The van der Waals surface area contributed by atoms with Crippen molar-refractivity contribution in [2.75, 3.05) is 0 Å². The SMILES string of the molecule is CC(C)(C)c1ccc(C(=O)NNC(=O)c2ccc(F)cc2F)cc1. The van der Waals surface area contributed by atoms with Gasteiger partial charge < -0.3 is 0 Å². The van der Waals surface area contributed by atoms with Gasteiger partial charge in [0.25, 0.3) is 11.8 Å². The highest BCUT2D eigenvalue weighted by molar-refractivity contribution is 5.99. The highest BCUT2D eigenvalue weighted by Gasteiger charge is 2.16. The van der Waals surface area contributed by atoms with Crippen LogP contribution in [0.3, 0.4) is 0 Å². The molecule has 126 valence electrons. The molecule has 0 radical (unpaired) electrons. The molecule has 0 unspecified atom stereocenters. The smallest absolute Gasteiger partial charge is 0.267 e. The Morgan fingerprint density at radius 3 is 2.00 bits per heavy atom. The van der Waals surface area contributed by atoms with Gasteiger partial charge in [-0.15, -0.1) is 0 Å². The Kier molecular flexibility index (Phi) is 4.97. The third kappa shape index (κ3) is 4.16. The predicted octanol–water partition coefficient (Wildman–Crippen LogP) is 3.34. The predicted molar refractivity (Wildman–Crippen MR) is 86.4 cm³/mol. The van der Waals surface area contributed by atoms with E-state index in [-0.39, 0.29) is 11.0 Å². The van der Waals surface area contributed by atoms with Crippen LogP contribution in [0.15, 0.2) is 42.5 Å². The van der Waals surface area contributed by atoms with Crippen LogP contribution in [-0.2, 0) is 5.41 Å². The van der Waals surface area contributed by atoms with Crippen LogP contribution < -0.4 is 10.9 Å². The molecule has 0 aromatic heterocycles. The first-order valence-electron chi connectivity index (χ1n) is 7.35. The fourth-order valence-electron chi connectivity index (χ4n) is 2.05. The van der Waals surface area contributed by atoms with Crippen molar-refractivity contribution in [3.8, 4) is 0 Å². The molecule has 2 amide bonds. The zero-order valence-corrected chi connectivity index (χ0v) is 13.6. The molecular formula is C18H18F2N2O2. The van der Waals surface area contributed by atoms with Gasteiger partial charge in [-0.1, -0.05) is 32.9 Å². The normalized spacial score (nSPS) is 11.0. The molecule has 0 atom stereocenters. The molecule has 0 heterocycles. The monoisotopic (exact) mass is 332 g/mol. The van der Waals surface area contributed by atoms with E-state index < -0.39 is 23.4 Å². The van der Waals surface area contributed by atoms with E-state index in [9.17, 15) is 18.4 Å². The first-order valence-corrected chi connectivity index (χ1v) is 7.35. The molecule has 2 aromatic rings.